The first-order valence-corrected chi connectivity index (χ1v) is 9.27. The molecule has 0 radical (unpaired) electrons. The van der Waals surface area contributed by atoms with Gasteiger partial charge in [-0.1, -0.05) is 25.3 Å². The van der Waals surface area contributed by atoms with E-state index in [0.717, 1.165) is 5.92 Å². The lowest BCUT2D eigenvalue weighted by Gasteiger charge is -2.22. The van der Waals surface area contributed by atoms with Gasteiger partial charge in [-0.15, -0.1) is 0 Å². The van der Waals surface area contributed by atoms with Crippen molar-refractivity contribution in [2.75, 3.05) is 0 Å². The highest BCUT2D eigenvalue weighted by atomic mass is 127. The molecular formula is C21H25IN2. The zero-order chi connectivity index (χ0) is 15.4. The predicted molar refractivity (Wildman–Crippen MR) is 93.9 cm³/mol. The van der Waals surface area contributed by atoms with E-state index in [-0.39, 0.29) is 24.0 Å². The third kappa shape index (κ3) is 2.39. The van der Waals surface area contributed by atoms with Gasteiger partial charge >= 0.3 is 0 Å². The molecule has 1 aromatic carbocycles. The maximum Gasteiger partial charge on any atom is 0.205 e. The van der Waals surface area contributed by atoms with Crippen LogP contribution in [0.4, 0.5) is 0 Å². The highest BCUT2D eigenvalue weighted by molar-refractivity contribution is 5.93. The predicted octanol–water partition coefficient (Wildman–Crippen LogP) is 1.46. The zero-order valence-corrected chi connectivity index (χ0v) is 16.6. The van der Waals surface area contributed by atoms with Crippen LogP contribution < -0.4 is 28.5 Å². The summed E-state index contributed by atoms with van der Waals surface area (Å²) < 4.78 is 4.75. The second-order valence-corrected chi connectivity index (χ2v) is 7.52. The van der Waals surface area contributed by atoms with Crippen LogP contribution in [-0.4, -0.2) is 4.40 Å². The molecule has 0 N–H and O–H groups in total. The summed E-state index contributed by atoms with van der Waals surface area (Å²) in [5, 5.41) is 1.51. The summed E-state index contributed by atoms with van der Waals surface area (Å²) in [5.74, 6) is 0.794. The van der Waals surface area contributed by atoms with Crippen LogP contribution in [0.25, 0.3) is 16.4 Å². The van der Waals surface area contributed by atoms with Crippen molar-refractivity contribution in [2.45, 2.75) is 57.3 Å². The van der Waals surface area contributed by atoms with Gasteiger partial charge in [0.2, 0.25) is 5.69 Å². The van der Waals surface area contributed by atoms with Crippen molar-refractivity contribution in [1.29, 1.82) is 0 Å². The molecule has 24 heavy (non-hydrogen) atoms. The average Bonchev–Trinajstić information content (AvgIpc) is 2.94. The van der Waals surface area contributed by atoms with Crippen LogP contribution in [0.2, 0.25) is 0 Å². The van der Waals surface area contributed by atoms with E-state index >= 15 is 0 Å². The zero-order valence-electron chi connectivity index (χ0n) is 14.4. The molecule has 126 valence electrons. The second-order valence-electron chi connectivity index (χ2n) is 7.52. The van der Waals surface area contributed by atoms with Crippen LogP contribution in [0.3, 0.4) is 0 Å². The van der Waals surface area contributed by atoms with Crippen molar-refractivity contribution in [2.24, 2.45) is 7.05 Å². The van der Waals surface area contributed by atoms with E-state index in [4.69, 9.17) is 0 Å². The fraction of sp³-hybridized carbons (Fsp3) is 0.476. The Kier molecular flexibility index (Phi) is 4.31. The van der Waals surface area contributed by atoms with E-state index in [9.17, 15) is 0 Å². The topological polar surface area (TPSA) is 8.29 Å². The van der Waals surface area contributed by atoms with Crippen molar-refractivity contribution in [3.63, 3.8) is 0 Å². The van der Waals surface area contributed by atoms with Gasteiger partial charge in [0.15, 0.2) is 6.20 Å². The number of hydrogen-bond donors (Lipinski definition) is 0. The summed E-state index contributed by atoms with van der Waals surface area (Å²) in [5.41, 5.74) is 7.57. The molecule has 2 aliphatic rings. The molecule has 2 heterocycles. The minimum Gasteiger partial charge on any atom is -1.00 e. The van der Waals surface area contributed by atoms with E-state index < -0.39 is 0 Å². The van der Waals surface area contributed by atoms with Crippen LogP contribution in [-0.2, 0) is 19.9 Å². The molecule has 0 spiro atoms. The molecule has 2 nitrogen and oxygen atoms in total. The van der Waals surface area contributed by atoms with Gasteiger partial charge in [-0.2, -0.15) is 0 Å². The number of halogens is 1. The Morgan fingerprint density at radius 2 is 1.88 bits per heavy atom. The largest absolute Gasteiger partial charge is 1.00 e. The molecule has 0 atom stereocenters. The van der Waals surface area contributed by atoms with Crippen LogP contribution in [0.5, 0.6) is 0 Å². The minimum atomic E-state index is 0. The summed E-state index contributed by atoms with van der Waals surface area (Å²) in [4.78, 5) is 0. The van der Waals surface area contributed by atoms with Gasteiger partial charge in [-0.05, 0) is 54.9 Å². The molecule has 3 heteroatoms. The molecular weight excluding hydrogens is 407 g/mol. The molecule has 0 saturated heterocycles. The summed E-state index contributed by atoms with van der Waals surface area (Å²) in [7, 11) is 2.19. The molecule has 0 amide bonds. The van der Waals surface area contributed by atoms with E-state index in [1.165, 1.54) is 73.5 Å². The number of rotatable bonds is 1. The van der Waals surface area contributed by atoms with E-state index in [2.05, 4.69) is 46.6 Å². The van der Waals surface area contributed by atoms with E-state index in [1.54, 1.807) is 11.1 Å². The van der Waals surface area contributed by atoms with Gasteiger partial charge < -0.3 is 28.4 Å². The standard InChI is InChI=1S/C21H25N2.HI/c1-22-12-13-23-19-11-10-16(15-6-3-2-4-7-15)14-18(19)17-8-5-9-20(22)21(17)23;/h10-15H,2-9H2,1H3;1H/q+1;/p-1. The second kappa shape index (κ2) is 6.32. The maximum absolute atomic E-state index is 2.53. The first-order chi connectivity index (χ1) is 11.3. The quantitative estimate of drug-likeness (QED) is 0.407. The normalized spacial score (nSPS) is 18.0. The monoisotopic (exact) mass is 432 g/mol. The number of nitrogens with zero attached hydrogens (tertiary/aromatic N) is 2. The Hall–Kier alpha value is -1.10. The van der Waals surface area contributed by atoms with Gasteiger partial charge in [0.1, 0.15) is 12.6 Å². The van der Waals surface area contributed by atoms with Crippen LogP contribution >= 0.6 is 0 Å². The summed E-state index contributed by atoms with van der Waals surface area (Å²) in [6.45, 7) is 0. The number of benzene rings is 1. The Morgan fingerprint density at radius 1 is 1.04 bits per heavy atom. The van der Waals surface area contributed by atoms with Crippen molar-refractivity contribution in [3.8, 4) is 0 Å². The summed E-state index contributed by atoms with van der Waals surface area (Å²) >= 11 is 0. The third-order valence-corrected chi connectivity index (χ3v) is 6.19. The lowest BCUT2D eigenvalue weighted by Crippen LogP contribution is -3.00. The smallest absolute Gasteiger partial charge is 0.205 e. The number of aromatic nitrogens is 2. The fourth-order valence-electron chi connectivity index (χ4n) is 4.96. The van der Waals surface area contributed by atoms with Crippen LogP contribution in [0.1, 0.15) is 61.3 Å². The van der Waals surface area contributed by atoms with Crippen LogP contribution in [0, 0.1) is 0 Å². The average molecular weight is 432 g/mol. The molecule has 5 rings (SSSR count). The highest BCUT2D eigenvalue weighted by Gasteiger charge is 2.25. The van der Waals surface area contributed by atoms with Crippen LogP contribution in [0.15, 0.2) is 30.6 Å². The maximum atomic E-state index is 2.53. The van der Waals surface area contributed by atoms with Gasteiger partial charge in [0.25, 0.3) is 0 Å². The Balaban J connectivity index is 0.00000146. The molecule has 0 bridgehead atoms. The number of hydrogen-bond acceptors (Lipinski definition) is 0. The lowest BCUT2D eigenvalue weighted by molar-refractivity contribution is -0.678. The molecule has 0 unspecified atom stereocenters. The Bertz CT molecular complexity index is 903. The SMILES string of the molecule is C[n+]1ccn2c3c(c4cc(C5CCCCC5)ccc42)CCCc31.[I-]. The minimum absolute atomic E-state index is 0. The number of fused-ring (bicyclic) bond motifs is 3. The van der Waals surface area contributed by atoms with E-state index in [0.29, 0.717) is 0 Å². The van der Waals surface area contributed by atoms with Gasteiger partial charge in [0, 0.05) is 11.8 Å². The molecule has 3 aromatic rings. The summed E-state index contributed by atoms with van der Waals surface area (Å²) in [6.07, 6.45) is 15.2. The summed E-state index contributed by atoms with van der Waals surface area (Å²) in [6, 6.07) is 7.31. The number of aryl methyl sites for hydroxylation is 3. The van der Waals surface area contributed by atoms with Crippen molar-refractivity contribution in [3.05, 3.63) is 47.4 Å². The fourth-order valence-corrected chi connectivity index (χ4v) is 4.96. The Labute approximate surface area is 160 Å². The lowest BCUT2D eigenvalue weighted by atomic mass is 9.83. The van der Waals surface area contributed by atoms with Crippen molar-refractivity contribution < 1.29 is 28.5 Å². The first kappa shape index (κ1) is 16.4. The van der Waals surface area contributed by atoms with Crippen molar-refractivity contribution >= 4 is 16.4 Å². The van der Waals surface area contributed by atoms with E-state index in [1.807, 2.05) is 0 Å². The molecule has 2 aliphatic carbocycles. The third-order valence-electron chi connectivity index (χ3n) is 6.19. The molecule has 1 fully saturated rings. The van der Waals surface area contributed by atoms with Crippen molar-refractivity contribution in [1.82, 2.24) is 4.40 Å². The van der Waals surface area contributed by atoms with Gasteiger partial charge in [0.05, 0.1) is 11.7 Å². The first-order valence-electron chi connectivity index (χ1n) is 9.27. The van der Waals surface area contributed by atoms with Gasteiger partial charge in [-0.3, -0.25) is 0 Å². The highest BCUT2D eigenvalue weighted by Crippen LogP contribution is 2.37. The van der Waals surface area contributed by atoms with Gasteiger partial charge in [-0.25, -0.2) is 4.57 Å². The molecule has 0 aliphatic heterocycles. The Morgan fingerprint density at radius 3 is 2.71 bits per heavy atom. The molecule has 1 saturated carbocycles. The molecule has 2 aromatic heterocycles.